The molecule has 1 saturated carbocycles. The summed E-state index contributed by atoms with van der Waals surface area (Å²) >= 11 is 5.86. The van der Waals surface area contributed by atoms with Crippen LogP contribution in [0.1, 0.15) is 18.5 Å². The average molecular weight is 248 g/mol. The highest BCUT2D eigenvalue weighted by atomic mass is 35.5. The first kappa shape index (κ1) is 10.8. The fourth-order valence-electron chi connectivity index (χ4n) is 1.88. The summed E-state index contributed by atoms with van der Waals surface area (Å²) in [7, 11) is 0. The number of ether oxygens (including phenoxy) is 1. The van der Waals surface area contributed by atoms with Gasteiger partial charge in [0.05, 0.1) is 18.2 Å². The highest BCUT2D eigenvalue weighted by molar-refractivity contribution is 6.17. The van der Waals surface area contributed by atoms with E-state index < -0.39 is 0 Å². The predicted octanol–water partition coefficient (Wildman–Crippen LogP) is 3.76. The lowest BCUT2D eigenvalue weighted by Gasteiger charge is -2.09. The number of fused-ring (bicyclic) bond motifs is 1. The van der Waals surface area contributed by atoms with E-state index in [1.807, 2.05) is 24.3 Å². The summed E-state index contributed by atoms with van der Waals surface area (Å²) in [5, 5.41) is 2.21. The molecule has 0 spiro atoms. The maximum Gasteiger partial charge on any atom is 0.221 e. The maximum atomic E-state index is 5.86. The molecule has 0 radical (unpaired) electrons. The Morgan fingerprint density at radius 1 is 1.29 bits per heavy atom. The summed E-state index contributed by atoms with van der Waals surface area (Å²) in [5.74, 6) is 1.88. The van der Waals surface area contributed by atoms with E-state index in [0.29, 0.717) is 5.88 Å². The number of aromatic nitrogens is 1. The van der Waals surface area contributed by atoms with Gasteiger partial charge in [0, 0.05) is 5.39 Å². The number of benzene rings is 1. The van der Waals surface area contributed by atoms with Crippen molar-refractivity contribution in [1.82, 2.24) is 4.98 Å². The molecule has 0 atom stereocenters. The van der Waals surface area contributed by atoms with Crippen molar-refractivity contribution in [3.05, 3.63) is 36.0 Å². The molecule has 2 nitrogen and oxygen atoms in total. The first-order chi connectivity index (χ1) is 8.36. The third-order valence-electron chi connectivity index (χ3n) is 3.05. The zero-order valence-electron chi connectivity index (χ0n) is 9.53. The van der Waals surface area contributed by atoms with Gasteiger partial charge in [-0.05, 0) is 36.3 Å². The molecule has 1 aromatic heterocycles. The topological polar surface area (TPSA) is 22.1 Å². The Morgan fingerprint density at radius 2 is 2.12 bits per heavy atom. The Bertz CT molecular complexity index is 537. The molecule has 3 rings (SSSR count). The second-order valence-corrected chi connectivity index (χ2v) is 4.80. The van der Waals surface area contributed by atoms with Gasteiger partial charge in [-0.2, -0.15) is 0 Å². The lowest BCUT2D eigenvalue weighted by atomic mass is 10.1. The molecule has 0 aliphatic heterocycles. The Kier molecular flexibility index (Phi) is 2.89. The van der Waals surface area contributed by atoms with Gasteiger partial charge in [0.1, 0.15) is 0 Å². The van der Waals surface area contributed by atoms with E-state index in [9.17, 15) is 0 Å². The molecule has 1 aliphatic rings. The fourth-order valence-corrected chi connectivity index (χ4v) is 2.02. The minimum absolute atomic E-state index is 0.421. The lowest BCUT2D eigenvalue weighted by Crippen LogP contribution is -2.02. The number of hydrogen-bond donors (Lipinski definition) is 0. The predicted molar refractivity (Wildman–Crippen MR) is 69.5 cm³/mol. The zero-order chi connectivity index (χ0) is 11.7. The van der Waals surface area contributed by atoms with Crippen molar-refractivity contribution in [2.45, 2.75) is 18.7 Å². The normalized spacial score (nSPS) is 15.1. The minimum atomic E-state index is 0.421. The number of halogens is 1. The monoisotopic (exact) mass is 247 g/mol. The van der Waals surface area contributed by atoms with Crippen molar-refractivity contribution in [3.8, 4) is 5.88 Å². The van der Waals surface area contributed by atoms with E-state index in [4.69, 9.17) is 16.3 Å². The van der Waals surface area contributed by atoms with E-state index >= 15 is 0 Å². The van der Waals surface area contributed by atoms with Crippen molar-refractivity contribution in [3.63, 3.8) is 0 Å². The van der Waals surface area contributed by atoms with Crippen molar-refractivity contribution < 1.29 is 4.74 Å². The van der Waals surface area contributed by atoms with Crippen LogP contribution in [0.15, 0.2) is 30.3 Å². The highest BCUT2D eigenvalue weighted by Gasteiger charge is 2.22. The van der Waals surface area contributed by atoms with E-state index in [-0.39, 0.29) is 0 Å². The minimum Gasteiger partial charge on any atom is -0.477 e. The molecule has 0 bridgehead atoms. The zero-order valence-corrected chi connectivity index (χ0v) is 10.3. The van der Waals surface area contributed by atoms with Crippen molar-refractivity contribution in [2.75, 3.05) is 6.61 Å². The molecule has 2 aromatic rings. The van der Waals surface area contributed by atoms with Crippen LogP contribution in [-0.4, -0.2) is 11.6 Å². The van der Waals surface area contributed by atoms with E-state index in [2.05, 4.69) is 11.1 Å². The smallest absolute Gasteiger partial charge is 0.221 e. The molecular weight excluding hydrogens is 234 g/mol. The van der Waals surface area contributed by atoms with Crippen molar-refractivity contribution in [1.29, 1.82) is 0 Å². The first-order valence-corrected chi connectivity index (χ1v) is 6.47. The second-order valence-electron chi connectivity index (χ2n) is 4.53. The van der Waals surface area contributed by atoms with Gasteiger partial charge >= 0.3 is 0 Å². The van der Waals surface area contributed by atoms with Crippen molar-refractivity contribution >= 4 is 22.4 Å². The molecule has 0 N–H and O–H groups in total. The molecule has 0 unspecified atom stereocenters. The molecule has 0 saturated heterocycles. The molecule has 17 heavy (non-hydrogen) atoms. The van der Waals surface area contributed by atoms with Crippen LogP contribution in [0.25, 0.3) is 10.8 Å². The SMILES string of the molecule is ClCc1cc2ccccc2c(OCC2CC2)n1. The molecular formula is C14H14ClNO. The fraction of sp³-hybridized carbons (Fsp3) is 0.357. The highest BCUT2D eigenvalue weighted by Crippen LogP contribution is 2.31. The third kappa shape index (κ3) is 2.37. The van der Waals surface area contributed by atoms with Crippen LogP contribution >= 0.6 is 11.6 Å². The molecule has 1 heterocycles. The van der Waals surface area contributed by atoms with Gasteiger partial charge in [-0.3, -0.25) is 0 Å². The molecule has 1 fully saturated rings. The van der Waals surface area contributed by atoms with Crippen LogP contribution in [-0.2, 0) is 5.88 Å². The quantitative estimate of drug-likeness (QED) is 0.768. The molecule has 0 amide bonds. The second kappa shape index (κ2) is 4.53. The van der Waals surface area contributed by atoms with Crippen LogP contribution < -0.4 is 4.74 Å². The number of pyridine rings is 1. The Hall–Kier alpha value is -1.28. The summed E-state index contributed by atoms with van der Waals surface area (Å²) in [5.41, 5.74) is 0.871. The number of hydrogen-bond acceptors (Lipinski definition) is 2. The van der Waals surface area contributed by atoms with Gasteiger partial charge in [0.25, 0.3) is 0 Å². The first-order valence-electron chi connectivity index (χ1n) is 5.94. The van der Waals surface area contributed by atoms with Crippen LogP contribution in [0.5, 0.6) is 5.88 Å². The van der Waals surface area contributed by atoms with Crippen LogP contribution in [0.3, 0.4) is 0 Å². The summed E-state index contributed by atoms with van der Waals surface area (Å²) in [6.07, 6.45) is 2.57. The summed E-state index contributed by atoms with van der Waals surface area (Å²) in [6.45, 7) is 0.780. The number of alkyl halides is 1. The number of nitrogens with zero attached hydrogens (tertiary/aromatic N) is 1. The average Bonchev–Trinajstić information content (AvgIpc) is 3.19. The van der Waals surface area contributed by atoms with Gasteiger partial charge in [-0.25, -0.2) is 4.98 Å². The number of rotatable bonds is 4. The van der Waals surface area contributed by atoms with E-state index in [1.165, 1.54) is 12.8 Å². The van der Waals surface area contributed by atoms with E-state index in [1.54, 1.807) is 0 Å². The summed E-state index contributed by atoms with van der Waals surface area (Å²) in [4.78, 5) is 4.46. The summed E-state index contributed by atoms with van der Waals surface area (Å²) in [6, 6.07) is 10.2. The molecule has 88 valence electrons. The maximum absolute atomic E-state index is 5.86. The lowest BCUT2D eigenvalue weighted by molar-refractivity contribution is 0.292. The molecule has 1 aliphatic carbocycles. The van der Waals surface area contributed by atoms with Crippen molar-refractivity contribution in [2.24, 2.45) is 5.92 Å². The van der Waals surface area contributed by atoms with Crippen LogP contribution in [0, 0.1) is 5.92 Å². The summed E-state index contributed by atoms with van der Waals surface area (Å²) < 4.78 is 5.82. The molecule has 3 heteroatoms. The standard InChI is InChI=1S/C14H14ClNO/c15-8-12-7-11-3-1-2-4-13(11)14(16-12)17-9-10-5-6-10/h1-4,7,10H,5-6,8-9H2. The van der Waals surface area contributed by atoms with Gasteiger partial charge < -0.3 is 4.74 Å². The van der Waals surface area contributed by atoms with Crippen LogP contribution in [0.2, 0.25) is 0 Å². The Labute approximate surface area is 106 Å². The van der Waals surface area contributed by atoms with Gasteiger partial charge in [0.15, 0.2) is 0 Å². The largest absolute Gasteiger partial charge is 0.477 e. The Balaban J connectivity index is 1.99. The molecule has 1 aromatic carbocycles. The van der Waals surface area contributed by atoms with Gasteiger partial charge in [-0.1, -0.05) is 18.2 Å². The van der Waals surface area contributed by atoms with E-state index in [0.717, 1.165) is 34.9 Å². The van der Waals surface area contributed by atoms with Gasteiger partial charge in [0.2, 0.25) is 5.88 Å². The van der Waals surface area contributed by atoms with Gasteiger partial charge in [-0.15, -0.1) is 11.6 Å². The van der Waals surface area contributed by atoms with Crippen LogP contribution in [0.4, 0.5) is 0 Å². The Morgan fingerprint density at radius 3 is 2.88 bits per heavy atom. The third-order valence-corrected chi connectivity index (χ3v) is 3.32.